The van der Waals surface area contributed by atoms with Gasteiger partial charge in [-0.05, 0) is 12.8 Å². The summed E-state index contributed by atoms with van der Waals surface area (Å²) in [5.41, 5.74) is 4.97. The number of unbranched alkanes of at least 4 members (excludes halogenated alkanes) is 1. The summed E-state index contributed by atoms with van der Waals surface area (Å²) < 4.78 is 0. The molecular weight excluding hydrogens is 168 g/mol. The Morgan fingerprint density at radius 3 is 2.46 bits per heavy atom. The third kappa shape index (κ3) is 7.31. The first-order valence-electron chi connectivity index (χ1n) is 4.68. The highest BCUT2D eigenvalue weighted by atomic mass is 16.1. The van der Waals surface area contributed by atoms with Crippen molar-refractivity contribution in [1.29, 1.82) is 0 Å². The molecule has 0 aromatic heterocycles. The first-order chi connectivity index (χ1) is 6.20. The highest BCUT2D eigenvalue weighted by Crippen LogP contribution is 1.95. The van der Waals surface area contributed by atoms with E-state index in [2.05, 4.69) is 6.92 Å². The average Bonchev–Trinajstić information content (AvgIpc) is 2.10. The molecule has 0 radical (unpaired) electrons. The van der Waals surface area contributed by atoms with Crippen molar-refractivity contribution in [3.63, 3.8) is 0 Å². The van der Waals surface area contributed by atoms with Crippen molar-refractivity contribution in [3.8, 4) is 0 Å². The Morgan fingerprint density at radius 2 is 2.00 bits per heavy atom. The Hall–Kier alpha value is -1.06. The fraction of sp³-hybridized carbons (Fsp3) is 0.778. The molecule has 0 bridgehead atoms. The van der Waals surface area contributed by atoms with Gasteiger partial charge in [0.05, 0.1) is 0 Å². The van der Waals surface area contributed by atoms with Crippen molar-refractivity contribution in [3.05, 3.63) is 0 Å². The van der Waals surface area contributed by atoms with Crippen molar-refractivity contribution < 1.29 is 9.59 Å². The van der Waals surface area contributed by atoms with Crippen LogP contribution < -0.4 is 5.73 Å². The molecule has 0 rings (SSSR count). The molecule has 0 heterocycles. The third-order valence-electron chi connectivity index (χ3n) is 1.82. The van der Waals surface area contributed by atoms with Gasteiger partial charge in [0.15, 0.2) is 0 Å². The van der Waals surface area contributed by atoms with Gasteiger partial charge in [0.1, 0.15) is 0 Å². The molecule has 76 valence electrons. The van der Waals surface area contributed by atoms with Gasteiger partial charge in [0.2, 0.25) is 12.3 Å². The molecule has 0 aromatic rings. The number of hydrogen-bond donors (Lipinski definition) is 1. The second kappa shape index (κ2) is 7.58. The predicted molar refractivity (Wildman–Crippen MR) is 51.0 cm³/mol. The maximum atomic E-state index is 10.5. The van der Waals surface area contributed by atoms with Crippen LogP contribution in [0.2, 0.25) is 0 Å². The zero-order chi connectivity index (χ0) is 10.1. The van der Waals surface area contributed by atoms with Crippen LogP contribution in [0.25, 0.3) is 0 Å². The fourth-order valence-corrected chi connectivity index (χ4v) is 1.03. The van der Waals surface area contributed by atoms with Gasteiger partial charge in [0, 0.05) is 19.5 Å². The van der Waals surface area contributed by atoms with E-state index >= 15 is 0 Å². The molecule has 0 unspecified atom stereocenters. The summed E-state index contributed by atoms with van der Waals surface area (Å²) in [5.74, 6) is -0.304. The lowest BCUT2D eigenvalue weighted by Gasteiger charge is -2.15. The van der Waals surface area contributed by atoms with E-state index in [4.69, 9.17) is 5.73 Å². The maximum Gasteiger partial charge on any atom is 0.217 e. The molecule has 0 aromatic carbocycles. The number of rotatable bonds is 8. The van der Waals surface area contributed by atoms with E-state index in [9.17, 15) is 9.59 Å². The van der Waals surface area contributed by atoms with Crippen LogP contribution in [0.3, 0.4) is 0 Å². The lowest BCUT2D eigenvalue weighted by molar-refractivity contribution is -0.120. The molecule has 0 saturated heterocycles. The number of carbonyl (C=O) groups is 2. The van der Waals surface area contributed by atoms with E-state index in [1.165, 1.54) is 0 Å². The Labute approximate surface area is 79.1 Å². The Morgan fingerprint density at radius 1 is 1.38 bits per heavy atom. The molecule has 0 saturated carbocycles. The van der Waals surface area contributed by atoms with Gasteiger partial charge < -0.3 is 10.6 Å². The van der Waals surface area contributed by atoms with E-state index in [0.717, 1.165) is 25.8 Å². The number of carbonyl (C=O) groups excluding carboxylic acids is 2. The second-order valence-electron chi connectivity index (χ2n) is 3.06. The zero-order valence-corrected chi connectivity index (χ0v) is 8.16. The van der Waals surface area contributed by atoms with Crippen LogP contribution in [0.5, 0.6) is 0 Å². The monoisotopic (exact) mass is 186 g/mol. The quantitative estimate of drug-likeness (QED) is 0.561. The maximum absolute atomic E-state index is 10.5. The first kappa shape index (κ1) is 11.9. The molecule has 0 aliphatic heterocycles. The van der Waals surface area contributed by atoms with Gasteiger partial charge in [-0.15, -0.1) is 0 Å². The third-order valence-corrected chi connectivity index (χ3v) is 1.82. The van der Waals surface area contributed by atoms with Gasteiger partial charge in [-0.2, -0.15) is 0 Å². The van der Waals surface area contributed by atoms with Crippen LogP contribution in [0, 0.1) is 0 Å². The first-order valence-corrected chi connectivity index (χ1v) is 4.68. The summed E-state index contributed by atoms with van der Waals surface area (Å²) in [6.07, 6.45) is 3.93. The van der Waals surface area contributed by atoms with E-state index in [1.54, 1.807) is 4.90 Å². The van der Waals surface area contributed by atoms with Crippen LogP contribution >= 0.6 is 0 Å². The van der Waals surface area contributed by atoms with E-state index in [0.29, 0.717) is 19.4 Å². The summed E-state index contributed by atoms with van der Waals surface area (Å²) in [6, 6.07) is 0. The van der Waals surface area contributed by atoms with Crippen molar-refractivity contribution in [1.82, 2.24) is 4.90 Å². The summed E-state index contributed by atoms with van der Waals surface area (Å²) in [7, 11) is 0. The normalized spacial score (nSPS) is 9.62. The molecule has 0 fully saturated rings. The number of primary amides is 1. The number of hydrogen-bond acceptors (Lipinski definition) is 2. The van der Waals surface area contributed by atoms with Gasteiger partial charge >= 0.3 is 0 Å². The molecule has 0 atom stereocenters. The minimum Gasteiger partial charge on any atom is -0.370 e. The van der Waals surface area contributed by atoms with Crippen molar-refractivity contribution in [2.45, 2.75) is 32.6 Å². The minimum absolute atomic E-state index is 0.304. The van der Waals surface area contributed by atoms with Crippen molar-refractivity contribution >= 4 is 12.3 Å². The smallest absolute Gasteiger partial charge is 0.217 e. The molecule has 0 aliphatic carbocycles. The SMILES string of the molecule is CCCCN(C=O)CCCC(N)=O. The van der Waals surface area contributed by atoms with Crippen molar-refractivity contribution in [2.75, 3.05) is 13.1 Å². The van der Waals surface area contributed by atoms with Gasteiger partial charge in [-0.25, -0.2) is 0 Å². The van der Waals surface area contributed by atoms with E-state index in [1.807, 2.05) is 0 Å². The van der Waals surface area contributed by atoms with Crippen LogP contribution in [0.4, 0.5) is 0 Å². The van der Waals surface area contributed by atoms with Crippen LogP contribution in [-0.4, -0.2) is 30.3 Å². The molecule has 2 amide bonds. The Kier molecular flexibility index (Phi) is 6.96. The molecule has 13 heavy (non-hydrogen) atoms. The summed E-state index contributed by atoms with van der Waals surface area (Å²) in [4.78, 5) is 22.6. The molecule has 4 nitrogen and oxygen atoms in total. The highest BCUT2D eigenvalue weighted by molar-refractivity contribution is 5.73. The van der Waals surface area contributed by atoms with Gasteiger partial charge in [-0.1, -0.05) is 13.3 Å². The number of nitrogens with zero attached hydrogens (tertiary/aromatic N) is 1. The molecule has 0 spiro atoms. The molecular formula is C9H18N2O2. The summed E-state index contributed by atoms with van der Waals surface area (Å²) >= 11 is 0. The Balaban J connectivity index is 3.47. The van der Waals surface area contributed by atoms with Crippen LogP contribution in [0.1, 0.15) is 32.6 Å². The van der Waals surface area contributed by atoms with Crippen molar-refractivity contribution in [2.24, 2.45) is 5.73 Å². The topological polar surface area (TPSA) is 63.4 Å². The lowest BCUT2D eigenvalue weighted by Crippen LogP contribution is -2.25. The molecule has 2 N–H and O–H groups in total. The fourth-order valence-electron chi connectivity index (χ4n) is 1.03. The standard InChI is InChI=1S/C9H18N2O2/c1-2-3-6-11(8-12)7-4-5-9(10)13/h8H,2-7H2,1H3,(H2,10,13). The van der Waals surface area contributed by atoms with Crippen LogP contribution in [-0.2, 0) is 9.59 Å². The van der Waals surface area contributed by atoms with E-state index < -0.39 is 0 Å². The summed E-state index contributed by atoms with van der Waals surface area (Å²) in [5, 5.41) is 0. The minimum atomic E-state index is -0.304. The van der Waals surface area contributed by atoms with Gasteiger partial charge in [-0.3, -0.25) is 9.59 Å². The predicted octanol–water partition coefficient (Wildman–Crippen LogP) is 0.510. The molecule has 4 heteroatoms. The number of nitrogens with two attached hydrogens (primary N) is 1. The highest BCUT2D eigenvalue weighted by Gasteiger charge is 2.01. The van der Waals surface area contributed by atoms with Crippen LogP contribution in [0.15, 0.2) is 0 Å². The summed E-state index contributed by atoms with van der Waals surface area (Å²) in [6.45, 7) is 3.48. The number of amides is 2. The second-order valence-corrected chi connectivity index (χ2v) is 3.06. The van der Waals surface area contributed by atoms with E-state index in [-0.39, 0.29) is 5.91 Å². The lowest BCUT2D eigenvalue weighted by atomic mass is 10.2. The zero-order valence-electron chi connectivity index (χ0n) is 8.16. The Bertz CT molecular complexity index is 160. The molecule has 0 aliphatic rings. The van der Waals surface area contributed by atoms with Gasteiger partial charge in [0.25, 0.3) is 0 Å². The largest absolute Gasteiger partial charge is 0.370 e. The average molecular weight is 186 g/mol.